The van der Waals surface area contributed by atoms with Crippen molar-refractivity contribution in [3.8, 4) is 0 Å². The van der Waals surface area contributed by atoms with Gasteiger partial charge in [-0.1, -0.05) is 7.43 Å². The van der Waals surface area contributed by atoms with Gasteiger partial charge in [-0.15, -0.1) is 0 Å². The summed E-state index contributed by atoms with van der Waals surface area (Å²) < 4.78 is 17.1. The first-order valence-electron chi connectivity index (χ1n) is 0.408. The van der Waals surface area contributed by atoms with E-state index in [9.17, 15) is 0 Å². The molecule has 0 amide bonds. The number of rotatable bonds is 0. The minimum atomic E-state index is -2.27. The number of hydrogen-bond donors (Lipinski definition) is 0. The first-order valence-corrected chi connectivity index (χ1v) is 2.42. The molecule has 4 heavy (non-hydrogen) atoms. The molecule has 0 aliphatic rings. The Balaban J connectivity index is 0. The molecule has 0 aliphatic heterocycles. The topological polar surface area (TPSA) is 34.1 Å². The van der Waals surface area contributed by atoms with Gasteiger partial charge in [-0.25, -0.2) is 0 Å². The van der Waals surface area contributed by atoms with Crippen LogP contribution in [0.5, 0.6) is 0 Å². The van der Waals surface area contributed by atoms with Gasteiger partial charge in [0, 0.05) is 0 Å². The van der Waals surface area contributed by atoms with Crippen molar-refractivity contribution < 1.29 is 28.9 Å². The quantitative estimate of drug-likeness (QED) is 0.479. The summed E-state index contributed by atoms with van der Waals surface area (Å²) in [5.74, 6) is 0. The van der Waals surface area contributed by atoms with E-state index in [4.69, 9.17) is 5.63 Å². The van der Waals surface area contributed by atoms with E-state index < -0.39 is 23.2 Å². The monoisotopic (exact) mass is 137 g/mol. The van der Waals surface area contributed by atoms with E-state index >= 15 is 0 Å². The molecule has 0 aromatic heterocycles. The van der Waals surface area contributed by atoms with Crippen molar-refractivity contribution in [2.45, 2.75) is 0 Å². The van der Waals surface area contributed by atoms with Gasteiger partial charge in [0.25, 0.3) is 0 Å². The van der Waals surface area contributed by atoms with E-state index in [1.165, 1.54) is 0 Å². The first-order chi connectivity index (χ1) is 1.41. The summed E-state index contributed by atoms with van der Waals surface area (Å²) >= 11 is -2.27. The third kappa shape index (κ3) is 23.4. The summed E-state index contributed by atoms with van der Waals surface area (Å²) in [4.78, 5) is 0. The van der Waals surface area contributed by atoms with Gasteiger partial charge in [-0.05, 0) is 0 Å². The second-order valence-electron chi connectivity index (χ2n) is 0.0833. The fraction of sp³-hybridized carbons (Fsp3) is 0. The standard InChI is InChI=1S/CH3.2O.Zr/h1H3;;;. The Morgan fingerprint density at radius 2 is 1.25 bits per heavy atom. The Labute approximate surface area is 36.7 Å². The molecule has 3 heteroatoms. The van der Waals surface area contributed by atoms with Gasteiger partial charge in [0.1, 0.15) is 0 Å². The first kappa shape index (κ1) is 8.82. The van der Waals surface area contributed by atoms with Crippen LogP contribution in [0.1, 0.15) is 0 Å². The van der Waals surface area contributed by atoms with Crippen LogP contribution in [0.25, 0.3) is 0 Å². The fourth-order valence-corrected chi connectivity index (χ4v) is 0. The maximum atomic E-state index is 8.54. The molecule has 0 heterocycles. The maximum absolute atomic E-state index is 8.54. The predicted molar refractivity (Wildman–Crippen MR) is 7.79 cm³/mol. The zero-order valence-corrected chi connectivity index (χ0v) is 4.77. The van der Waals surface area contributed by atoms with E-state index in [1.54, 1.807) is 0 Å². The molecule has 0 aromatic carbocycles. The number of hydrogen-bond acceptors (Lipinski definition) is 2. The molecule has 0 rings (SSSR count). The van der Waals surface area contributed by atoms with E-state index in [2.05, 4.69) is 0 Å². The molecule has 0 saturated heterocycles. The molecule has 0 saturated carbocycles. The normalized spacial score (nSPS) is 2.00. The van der Waals surface area contributed by atoms with Crippen LogP contribution in [0.3, 0.4) is 0 Å². The van der Waals surface area contributed by atoms with Crippen molar-refractivity contribution in [2.75, 3.05) is 0 Å². The third-order valence-corrected chi connectivity index (χ3v) is 0. The molecule has 0 fully saturated rings. The molecule has 0 N–H and O–H groups in total. The van der Waals surface area contributed by atoms with Crippen molar-refractivity contribution in [3.05, 3.63) is 7.43 Å². The van der Waals surface area contributed by atoms with Crippen LogP contribution in [0.4, 0.5) is 0 Å². The summed E-state index contributed by atoms with van der Waals surface area (Å²) in [6, 6.07) is 0. The Bertz CT molecular complexity index is 27.0. The molecule has 2 nitrogen and oxygen atoms in total. The molecule has 1 radical (unpaired) electrons. The summed E-state index contributed by atoms with van der Waals surface area (Å²) in [5.41, 5.74) is 0. The molecule has 0 spiro atoms. The van der Waals surface area contributed by atoms with Crippen molar-refractivity contribution in [2.24, 2.45) is 0 Å². The van der Waals surface area contributed by atoms with Gasteiger partial charge >= 0.3 is 28.9 Å². The second-order valence-corrected chi connectivity index (χ2v) is 0.493. The van der Waals surface area contributed by atoms with Crippen molar-refractivity contribution in [1.82, 2.24) is 0 Å². The Kier molecular flexibility index (Phi) is 21.5. The van der Waals surface area contributed by atoms with Crippen LogP contribution in [0.15, 0.2) is 0 Å². The van der Waals surface area contributed by atoms with Crippen LogP contribution < -0.4 is 0 Å². The molecule has 0 atom stereocenters. The van der Waals surface area contributed by atoms with E-state index in [1.807, 2.05) is 0 Å². The van der Waals surface area contributed by atoms with Crippen molar-refractivity contribution in [1.29, 1.82) is 0 Å². The molecule has 0 bridgehead atoms. The molecule has 23 valence electrons. The van der Waals surface area contributed by atoms with Gasteiger partial charge in [0.2, 0.25) is 0 Å². The second kappa shape index (κ2) is 9.76. The third-order valence-electron chi connectivity index (χ3n) is 0. The zero-order valence-electron chi connectivity index (χ0n) is 2.32. The minimum absolute atomic E-state index is 0. The van der Waals surface area contributed by atoms with Gasteiger partial charge in [-0.2, -0.15) is 0 Å². The van der Waals surface area contributed by atoms with Crippen molar-refractivity contribution in [3.63, 3.8) is 0 Å². The van der Waals surface area contributed by atoms with Gasteiger partial charge in [-0.3, -0.25) is 0 Å². The zero-order chi connectivity index (χ0) is 2.71. The van der Waals surface area contributed by atoms with Crippen LogP contribution in [-0.2, 0) is 28.9 Å². The Morgan fingerprint density at radius 1 is 1.25 bits per heavy atom. The van der Waals surface area contributed by atoms with Crippen LogP contribution >= 0.6 is 0 Å². The summed E-state index contributed by atoms with van der Waals surface area (Å²) in [6.07, 6.45) is 0. The molecular weight excluding hydrogens is 135 g/mol. The van der Waals surface area contributed by atoms with Gasteiger partial charge in [0.15, 0.2) is 0 Å². The average molecular weight is 138 g/mol. The molecule has 0 unspecified atom stereocenters. The van der Waals surface area contributed by atoms with Crippen LogP contribution in [0.2, 0.25) is 0 Å². The van der Waals surface area contributed by atoms with E-state index in [-0.39, 0.29) is 7.43 Å². The Hall–Kier alpha value is 0.483. The molecule has 0 aromatic rings. The predicted octanol–water partition coefficient (Wildman–Crippen LogP) is 0.210. The van der Waals surface area contributed by atoms with Crippen LogP contribution in [-0.4, -0.2) is 0 Å². The van der Waals surface area contributed by atoms with Gasteiger partial charge < -0.3 is 0 Å². The summed E-state index contributed by atoms with van der Waals surface area (Å²) in [5, 5.41) is 0. The average Bonchev–Trinajstić information content (AvgIpc) is 0.918. The molecular formula is CH3O2Zr. The van der Waals surface area contributed by atoms with Crippen LogP contribution in [0, 0.1) is 7.43 Å². The van der Waals surface area contributed by atoms with E-state index in [0.29, 0.717) is 0 Å². The molecule has 0 aliphatic carbocycles. The van der Waals surface area contributed by atoms with E-state index in [0.717, 1.165) is 0 Å². The van der Waals surface area contributed by atoms with Gasteiger partial charge in [0.05, 0.1) is 0 Å². The summed E-state index contributed by atoms with van der Waals surface area (Å²) in [6.45, 7) is 0. The SMILES string of the molecule is [CH3].[O]=[Zr]=[O]. The van der Waals surface area contributed by atoms with Crippen molar-refractivity contribution >= 4 is 0 Å². The Morgan fingerprint density at radius 3 is 1.25 bits per heavy atom. The fourth-order valence-electron chi connectivity index (χ4n) is 0. The summed E-state index contributed by atoms with van der Waals surface area (Å²) in [7, 11) is 0.